The lowest BCUT2D eigenvalue weighted by Crippen LogP contribution is -2.11. The van der Waals surface area contributed by atoms with E-state index in [0.717, 1.165) is 11.3 Å². The Hall–Kier alpha value is -3.74. The topological polar surface area (TPSA) is 97.2 Å². The Labute approximate surface area is 169 Å². The molecular weight excluding hydrogens is 368 g/mol. The summed E-state index contributed by atoms with van der Waals surface area (Å²) in [5.74, 6) is -0.0720. The summed E-state index contributed by atoms with van der Waals surface area (Å²) in [7, 11) is 0. The summed E-state index contributed by atoms with van der Waals surface area (Å²) in [5.41, 5.74) is 2.86. The molecule has 7 nitrogen and oxygen atoms in total. The third-order valence-corrected chi connectivity index (χ3v) is 4.13. The van der Waals surface area contributed by atoms with Gasteiger partial charge in [-0.25, -0.2) is 19.7 Å². The number of rotatable bonds is 8. The van der Waals surface area contributed by atoms with E-state index in [9.17, 15) is 9.90 Å². The zero-order valence-corrected chi connectivity index (χ0v) is 16.3. The zero-order valence-electron chi connectivity index (χ0n) is 16.3. The first-order chi connectivity index (χ1) is 14.0. The van der Waals surface area contributed by atoms with Crippen molar-refractivity contribution in [3.8, 4) is 5.88 Å². The van der Waals surface area contributed by atoms with Gasteiger partial charge in [-0.15, -0.1) is 0 Å². The molecule has 0 aliphatic heterocycles. The third-order valence-electron chi connectivity index (χ3n) is 4.13. The monoisotopic (exact) mass is 390 g/mol. The molecule has 148 valence electrons. The van der Waals surface area contributed by atoms with Crippen LogP contribution in [0.25, 0.3) is 6.08 Å². The number of hydrogen-bond donors (Lipinski definition) is 2. The van der Waals surface area contributed by atoms with Crippen LogP contribution in [-0.2, 0) is 6.61 Å². The lowest BCUT2D eigenvalue weighted by atomic mass is 10.2. The molecule has 3 aromatic rings. The lowest BCUT2D eigenvalue weighted by molar-refractivity contribution is 0.0694. The Kier molecular flexibility index (Phi) is 6.52. The van der Waals surface area contributed by atoms with Crippen molar-refractivity contribution in [2.75, 3.05) is 11.9 Å². The standard InChI is InChI=1S/C22H22N4O3/c1-15-20(21(27)28)16(2)25-22(24-15)23-13-7-11-18-10-6-12-19(26-18)29-14-17-8-4-3-5-9-17/h3-12H,13-14H2,1-2H3,(H,27,28)(H,23,24,25)/b11-7+. The van der Waals surface area contributed by atoms with Gasteiger partial charge in [-0.2, -0.15) is 0 Å². The van der Waals surface area contributed by atoms with Crippen LogP contribution >= 0.6 is 0 Å². The van der Waals surface area contributed by atoms with Crippen LogP contribution in [0.3, 0.4) is 0 Å². The van der Waals surface area contributed by atoms with E-state index in [1.54, 1.807) is 13.8 Å². The molecular formula is C22H22N4O3. The summed E-state index contributed by atoms with van der Waals surface area (Å²) in [6.07, 6.45) is 3.76. The van der Waals surface area contributed by atoms with Crippen LogP contribution < -0.4 is 10.1 Å². The fourth-order valence-corrected chi connectivity index (χ4v) is 2.77. The minimum Gasteiger partial charge on any atom is -0.478 e. The quantitative estimate of drug-likeness (QED) is 0.602. The first kappa shape index (κ1) is 20.0. The lowest BCUT2D eigenvalue weighted by Gasteiger charge is -2.08. The zero-order chi connectivity index (χ0) is 20.6. The van der Waals surface area contributed by atoms with Crippen LogP contribution in [-0.4, -0.2) is 32.6 Å². The highest BCUT2D eigenvalue weighted by molar-refractivity contribution is 5.90. The minimum absolute atomic E-state index is 0.141. The largest absolute Gasteiger partial charge is 0.478 e. The van der Waals surface area contributed by atoms with E-state index < -0.39 is 5.97 Å². The van der Waals surface area contributed by atoms with Crippen molar-refractivity contribution in [1.82, 2.24) is 15.0 Å². The number of anilines is 1. The molecule has 0 fully saturated rings. The first-order valence-electron chi connectivity index (χ1n) is 9.15. The number of aryl methyl sites for hydroxylation is 2. The van der Waals surface area contributed by atoms with E-state index >= 15 is 0 Å². The summed E-state index contributed by atoms with van der Waals surface area (Å²) in [5, 5.41) is 12.2. The number of carboxylic acid groups (broad SMARTS) is 1. The normalized spacial score (nSPS) is 10.8. The van der Waals surface area contributed by atoms with Crippen LogP contribution in [0.2, 0.25) is 0 Å². The van der Waals surface area contributed by atoms with Crippen molar-refractivity contribution in [3.05, 3.63) is 82.8 Å². The van der Waals surface area contributed by atoms with Crippen LogP contribution in [0.5, 0.6) is 5.88 Å². The molecule has 1 aromatic carbocycles. The second kappa shape index (κ2) is 9.45. The number of pyridine rings is 1. The van der Waals surface area contributed by atoms with E-state index in [2.05, 4.69) is 20.3 Å². The molecule has 0 saturated carbocycles. The summed E-state index contributed by atoms with van der Waals surface area (Å²) >= 11 is 0. The number of carbonyl (C=O) groups is 1. The second-order valence-electron chi connectivity index (χ2n) is 6.36. The molecule has 2 N–H and O–H groups in total. The molecule has 0 aliphatic rings. The number of aromatic carboxylic acids is 1. The van der Waals surface area contributed by atoms with Gasteiger partial charge in [0.15, 0.2) is 0 Å². The van der Waals surface area contributed by atoms with Crippen LogP contribution in [0.1, 0.15) is 33.0 Å². The van der Waals surface area contributed by atoms with E-state index in [0.29, 0.717) is 36.4 Å². The van der Waals surface area contributed by atoms with Crippen molar-refractivity contribution < 1.29 is 14.6 Å². The molecule has 0 radical (unpaired) electrons. The molecule has 0 unspecified atom stereocenters. The fraction of sp³-hybridized carbons (Fsp3) is 0.182. The highest BCUT2D eigenvalue weighted by Crippen LogP contribution is 2.13. The first-order valence-corrected chi connectivity index (χ1v) is 9.15. The second-order valence-corrected chi connectivity index (χ2v) is 6.36. The maximum absolute atomic E-state index is 11.2. The van der Waals surface area contributed by atoms with Gasteiger partial charge in [0.05, 0.1) is 17.1 Å². The summed E-state index contributed by atoms with van der Waals surface area (Å²) < 4.78 is 5.74. The molecule has 29 heavy (non-hydrogen) atoms. The third kappa shape index (κ3) is 5.62. The van der Waals surface area contributed by atoms with Crippen molar-refractivity contribution in [1.29, 1.82) is 0 Å². The maximum atomic E-state index is 11.2. The van der Waals surface area contributed by atoms with Gasteiger partial charge in [0.25, 0.3) is 0 Å². The smallest absolute Gasteiger partial charge is 0.339 e. The predicted molar refractivity (Wildman–Crippen MR) is 111 cm³/mol. The highest BCUT2D eigenvalue weighted by Gasteiger charge is 2.14. The number of nitrogens with one attached hydrogen (secondary N) is 1. The Balaban J connectivity index is 1.56. The van der Waals surface area contributed by atoms with Crippen molar-refractivity contribution in [2.45, 2.75) is 20.5 Å². The van der Waals surface area contributed by atoms with Crippen molar-refractivity contribution >= 4 is 18.0 Å². The molecule has 3 rings (SSSR count). The summed E-state index contributed by atoms with van der Waals surface area (Å²) in [4.78, 5) is 24.0. The van der Waals surface area contributed by atoms with E-state index in [-0.39, 0.29) is 5.56 Å². The van der Waals surface area contributed by atoms with Gasteiger partial charge >= 0.3 is 5.97 Å². The SMILES string of the molecule is Cc1nc(NC/C=C/c2cccc(OCc3ccccc3)n2)nc(C)c1C(=O)O. The van der Waals surface area contributed by atoms with E-state index in [1.807, 2.05) is 60.7 Å². The highest BCUT2D eigenvalue weighted by atomic mass is 16.5. The van der Waals surface area contributed by atoms with Crippen LogP contribution in [0.4, 0.5) is 5.95 Å². The molecule has 0 aliphatic carbocycles. The summed E-state index contributed by atoms with van der Waals surface area (Å²) in [6.45, 7) is 4.25. The average molecular weight is 390 g/mol. The maximum Gasteiger partial charge on any atom is 0.339 e. The van der Waals surface area contributed by atoms with Gasteiger partial charge in [0, 0.05) is 12.6 Å². The Morgan fingerprint density at radius 2 is 1.76 bits per heavy atom. The fourth-order valence-electron chi connectivity index (χ4n) is 2.77. The molecule has 2 aromatic heterocycles. The molecule has 2 heterocycles. The van der Waals surface area contributed by atoms with Crippen LogP contribution in [0, 0.1) is 13.8 Å². The molecule has 0 bridgehead atoms. The number of nitrogens with zero attached hydrogens (tertiary/aromatic N) is 3. The van der Waals surface area contributed by atoms with Gasteiger partial charge in [-0.1, -0.05) is 42.5 Å². The molecule has 0 spiro atoms. The predicted octanol–water partition coefficient (Wildman–Crippen LogP) is 3.89. The van der Waals surface area contributed by atoms with Gasteiger partial charge < -0.3 is 15.2 Å². The number of aromatic nitrogens is 3. The number of ether oxygens (including phenoxy) is 1. The van der Waals surface area contributed by atoms with E-state index in [4.69, 9.17) is 4.74 Å². The summed E-state index contributed by atoms with van der Waals surface area (Å²) in [6, 6.07) is 15.5. The number of hydrogen-bond acceptors (Lipinski definition) is 6. The van der Waals surface area contributed by atoms with Crippen molar-refractivity contribution in [2.24, 2.45) is 0 Å². The Morgan fingerprint density at radius 3 is 2.45 bits per heavy atom. The number of carboxylic acids is 1. The van der Waals surface area contributed by atoms with Crippen molar-refractivity contribution in [3.63, 3.8) is 0 Å². The van der Waals surface area contributed by atoms with Gasteiger partial charge in [0.1, 0.15) is 12.2 Å². The van der Waals surface area contributed by atoms with Gasteiger partial charge in [-0.3, -0.25) is 0 Å². The minimum atomic E-state index is -1.02. The van der Waals surface area contributed by atoms with Gasteiger partial charge in [0.2, 0.25) is 11.8 Å². The average Bonchev–Trinajstić information content (AvgIpc) is 2.70. The molecule has 7 heteroatoms. The van der Waals surface area contributed by atoms with Gasteiger partial charge in [-0.05, 0) is 31.6 Å². The van der Waals surface area contributed by atoms with Crippen LogP contribution in [0.15, 0.2) is 54.6 Å². The number of benzene rings is 1. The molecule has 0 saturated heterocycles. The Morgan fingerprint density at radius 1 is 1.03 bits per heavy atom. The Bertz CT molecular complexity index is 997. The molecule has 0 atom stereocenters. The van der Waals surface area contributed by atoms with E-state index in [1.165, 1.54) is 0 Å². The molecule has 0 amide bonds.